The molecule has 1 amide bonds. The molecule has 7 nitrogen and oxygen atoms in total. The topological polar surface area (TPSA) is 79.4 Å². The van der Waals surface area contributed by atoms with E-state index in [9.17, 15) is 4.79 Å². The third kappa shape index (κ3) is 3.46. The number of ether oxygens (including phenoxy) is 1. The van der Waals surface area contributed by atoms with Crippen LogP contribution in [0, 0.1) is 5.92 Å². The summed E-state index contributed by atoms with van der Waals surface area (Å²) in [5.74, 6) is 1.21. The van der Waals surface area contributed by atoms with Crippen LogP contribution in [0.4, 0.5) is 11.8 Å². The first-order valence-electron chi connectivity index (χ1n) is 11.1. The van der Waals surface area contributed by atoms with Gasteiger partial charge in [0.15, 0.2) is 0 Å². The van der Waals surface area contributed by atoms with Crippen LogP contribution < -0.4 is 15.5 Å². The number of carbonyl (C=O) groups is 1. The Morgan fingerprint density at radius 1 is 1.16 bits per heavy atom. The van der Waals surface area contributed by atoms with Gasteiger partial charge in [0.25, 0.3) is 0 Å². The van der Waals surface area contributed by atoms with E-state index in [0.717, 1.165) is 47.2 Å². The van der Waals surface area contributed by atoms with Gasteiger partial charge in [0.1, 0.15) is 10.6 Å². The van der Waals surface area contributed by atoms with Gasteiger partial charge < -0.3 is 20.3 Å². The normalized spacial score (nSPS) is 24.9. The van der Waals surface area contributed by atoms with E-state index in [4.69, 9.17) is 26.3 Å². The highest BCUT2D eigenvalue weighted by Gasteiger charge is 2.39. The Bertz CT molecular complexity index is 1160. The second-order valence-electron chi connectivity index (χ2n) is 8.69. The molecule has 2 aromatic heterocycles. The molecule has 0 spiro atoms. The third-order valence-corrected chi connectivity index (χ3v) is 7.93. The lowest BCUT2D eigenvalue weighted by Gasteiger charge is -2.34. The summed E-state index contributed by atoms with van der Waals surface area (Å²) < 4.78 is 5.75. The molecule has 9 heteroatoms. The van der Waals surface area contributed by atoms with Crippen molar-refractivity contribution >= 4 is 50.8 Å². The predicted octanol–water partition coefficient (Wildman–Crippen LogP) is 3.93. The number of hydrogen-bond donors (Lipinski definition) is 2. The number of halogens is 1. The van der Waals surface area contributed by atoms with Crippen molar-refractivity contribution in [2.24, 2.45) is 5.92 Å². The zero-order valence-corrected chi connectivity index (χ0v) is 19.1. The summed E-state index contributed by atoms with van der Waals surface area (Å²) in [7, 11) is 0. The minimum absolute atomic E-state index is 0.00204. The molecule has 32 heavy (non-hydrogen) atoms. The third-order valence-electron chi connectivity index (χ3n) is 6.73. The average Bonchev–Trinajstić information content (AvgIpc) is 3.52. The molecule has 3 aliphatic heterocycles. The highest BCUT2D eigenvalue weighted by molar-refractivity contribution is 7.17. The summed E-state index contributed by atoms with van der Waals surface area (Å²) in [6, 6.07) is 8.33. The molecule has 0 aliphatic carbocycles. The molecule has 5 heterocycles. The van der Waals surface area contributed by atoms with Crippen molar-refractivity contribution in [3.05, 3.63) is 34.7 Å². The molecular weight excluding hydrogens is 446 g/mol. The molecule has 1 aromatic carbocycles. The molecule has 0 radical (unpaired) electrons. The van der Waals surface area contributed by atoms with Crippen LogP contribution in [0.3, 0.4) is 0 Å². The maximum Gasteiger partial charge on any atom is 0.229 e. The fourth-order valence-electron chi connectivity index (χ4n) is 5.07. The van der Waals surface area contributed by atoms with Crippen molar-refractivity contribution in [2.45, 2.75) is 31.3 Å². The van der Waals surface area contributed by atoms with E-state index in [1.807, 2.05) is 24.3 Å². The highest BCUT2D eigenvalue weighted by Crippen LogP contribution is 2.42. The number of morpholine rings is 1. The van der Waals surface area contributed by atoms with E-state index in [-0.39, 0.29) is 23.9 Å². The molecule has 2 N–H and O–H groups in total. The molecule has 3 atom stereocenters. The largest absolute Gasteiger partial charge is 0.377 e. The van der Waals surface area contributed by atoms with E-state index in [0.29, 0.717) is 36.5 Å². The summed E-state index contributed by atoms with van der Waals surface area (Å²) in [5.41, 5.74) is 1.87. The Morgan fingerprint density at radius 3 is 2.72 bits per heavy atom. The number of anilines is 2. The molecule has 3 aromatic rings. The summed E-state index contributed by atoms with van der Waals surface area (Å²) >= 11 is 8.08. The van der Waals surface area contributed by atoms with Crippen molar-refractivity contribution in [2.75, 3.05) is 36.5 Å². The van der Waals surface area contributed by atoms with Gasteiger partial charge in [-0.15, -0.1) is 11.3 Å². The quantitative estimate of drug-likeness (QED) is 0.602. The number of nitrogens with one attached hydrogen (secondary N) is 2. The van der Waals surface area contributed by atoms with Gasteiger partial charge in [0, 0.05) is 28.1 Å². The standard InChI is InChI=1S/C23H24ClN5O2S/c24-18-4-2-1-3-16(18)17-12-32-22-19(17)20(26-21(30)13-7-8-25-9-13)27-23(28-22)29-14-5-6-15(29)11-31-10-14/h1-4,12-15,25H,5-11H2,(H,26,27,28,30). The van der Waals surface area contributed by atoms with Gasteiger partial charge in [0.2, 0.25) is 11.9 Å². The number of aromatic nitrogens is 2. The van der Waals surface area contributed by atoms with Crippen molar-refractivity contribution in [3.8, 4) is 11.1 Å². The summed E-state index contributed by atoms with van der Waals surface area (Å²) in [6.07, 6.45) is 3.00. The van der Waals surface area contributed by atoms with Gasteiger partial charge in [-0.2, -0.15) is 4.98 Å². The van der Waals surface area contributed by atoms with Crippen molar-refractivity contribution in [3.63, 3.8) is 0 Å². The van der Waals surface area contributed by atoms with Gasteiger partial charge in [-0.3, -0.25) is 4.79 Å². The number of hydrogen-bond acceptors (Lipinski definition) is 7. The van der Waals surface area contributed by atoms with Crippen LogP contribution in [0.25, 0.3) is 21.3 Å². The molecule has 6 rings (SSSR count). The van der Waals surface area contributed by atoms with Crippen LogP contribution in [0.5, 0.6) is 0 Å². The number of thiophene rings is 1. The van der Waals surface area contributed by atoms with E-state index in [2.05, 4.69) is 20.9 Å². The molecule has 3 aliphatic rings. The fraction of sp³-hybridized carbons (Fsp3) is 0.435. The number of carbonyl (C=O) groups excluding carboxylic acids is 1. The Balaban J connectivity index is 1.48. The monoisotopic (exact) mass is 469 g/mol. The molecule has 3 fully saturated rings. The van der Waals surface area contributed by atoms with Gasteiger partial charge >= 0.3 is 0 Å². The van der Waals surface area contributed by atoms with Crippen molar-refractivity contribution < 1.29 is 9.53 Å². The maximum absolute atomic E-state index is 13.1. The Morgan fingerprint density at radius 2 is 1.97 bits per heavy atom. The zero-order valence-electron chi connectivity index (χ0n) is 17.5. The predicted molar refractivity (Wildman–Crippen MR) is 128 cm³/mol. The second kappa shape index (κ2) is 8.26. The Labute approximate surface area is 195 Å². The first kappa shape index (κ1) is 20.4. The first-order chi connectivity index (χ1) is 15.7. The Hall–Kier alpha value is -2.26. The number of nitrogens with zero attached hydrogens (tertiary/aromatic N) is 3. The molecule has 3 saturated heterocycles. The van der Waals surface area contributed by atoms with Gasteiger partial charge in [-0.1, -0.05) is 29.8 Å². The van der Waals surface area contributed by atoms with Crippen molar-refractivity contribution in [1.29, 1.82) is 0 Å². The van der Waals surface area contributed by atoms with Gasteiger partial charge in [-0.05, 0) is 31.9 Å². The lowest BCUT2D eigenvalue weighted by molar-refractivity contribution is -0.119. The van der Waals surface area contributed by atoms with Crippen LogP contribution in [-0.4, -0.2) is 54.3 Å². The van der Waals surface area contributed by atoms with E-state index < -0.39 is 0 Å². The lowest BCUT2D eigenvalue weighted by Crippen LogP contribution is -2.46. The number of benzene rings is 1. The smallest absolute Gasteiger partial charge is 0.229 e. The minimum atomic E-state index is -0.0505. The lowest BCUT2D eigenvalue weighted by atomic mass is 10.1. The van der Waals surface area contributed by atoms with Crippen molar-refractivity contribution in [1.82, 2.24) is 15.3 Å². The number of fused-ring (bicyclic) bond motifs is 3. The summed E-state index contributed by atoms with van der Waals surface area (Å²) in [5, 5.41) is 10.00. The van der Waals surface area contributed by atoms with Gasteiger partial charge in [-0.25, -0.2) is 4.98 Å². The zero-order chi connectivity index (χ0) is 21.7. The summed E-state index contributed by atoms with van der Waals surface area (Å²) in [6.45, 7) is 2.95. The SMILES string of the molecule is O=C(Nc1nc(N2C3CCC2COC3)nc2scc(-c3ccccc3Cl)c12)C1CCNC1. The van der Waals surface area contributed by atoms with E-state index >= 15 is 0 Å². The number of rotatable bonds is 4. The van der Waals surface area contributed by atoms with Gasteiger partial charge in [0.05, 0.1) is 36.6 Å². The molecule has 2 bridgehead atoms. The van der Waals surface area contributed by atoms with E-state index in [1.165, 1.54) is 0 Å². The first-order valence-corrected chi connectivity index (χ1v) is 12.4. The summed E-state index contributed by atoms with van der Waals surface area (Å²) in [4.78, 5) is 26.1. The molecule has 3 unspecified atom stereocenters. The van der Waals surface area contributed by atoms with Crippen LogP contribution in [0.15, 0.2) is 29.6 Å². The molecule has 166 valence electrons. The van der Waals surface area contributed by atoms with E-state index in [1.54, 1.807) is 11.3 Å². The second-order valence-corrected chi connectivity index (χ2v) is 9.96. The maximum atomic E-state index is 13.1. The fourth-order valence-corrected chi connectivity index (χ4v) is 6.24. The molecule has 0 saturated carbocycles. The van der Waals surface area contributed by atoms with Crippen LogP contribution in [-0.2, 0) is 9.53 Å². The Kier molecular flexibility index (Phi) is 5.25. The minimum Gasteiger partial charge on any atom is -0.377 e. The number of amides is 1. The molecular formula is C23H24ClN5O2S. The van der Waals surface area contributed by atoms with Crippen LogP contribution in [0.1, 0.15) is 19.3 Å². The van der Waals surface area contributed by atoms with Crippen LogP contribution >= 0.6 is 22.9 Å². The highest BCUT2D eigenvalue weighted by atomic mass is 35.5. The van der Waals surface area contributed by atoms with Crippen LogP contribution in [0.2, 0.25) is 5.02 Å². The average molecular weight is 470 g/mol.